The van der Waals surface area contributed by atoms with Gasteiger partial charge in [0.05, 0.1) is 0 Å². The van der Waals surface area contributed by atoms with Crippen molar-refractivity contribution in [2.24, 2.45) is 0 Å². The van der Waals surface area contributed by atoms with Gasteiger partial charge in [-0.05, 0) is 6.42 Å². The molecule has 0 fully saturated rings. The van der Waals surface area contributed by atoms with Crippen molar-refractivity contribution in [3.05, 3.63) is 12.2 Å². The molecule has 7 heavy (non-hydrogen) atoms. The number of allylic oxidation sites excluding steroid dienone is 1. The van der Waals surface area contributed by atoms with E-state index in [0.717, 1.165) is 19.3 Å². The Bertz CT molecular complexity index is 76.2. The second-order valence-electron chi connectivity index (χ2n) is 1.90. The average molecular weight is 97.1 g/mol. The fraction of sp³-hybridized carbons (Fsp3) is 0.667. The second kappa shape index (κ2) is 2.12. The van der Waals surface area contributed by atoms with Crippen molar-refractivity contribution >= 4 is 0 Å². The van der Waals surface area contributed by atoms with Gasteiger partial charge in [0.25, 0.3) is 0 Å². The summed E-state index contributed by atoms with van der Waals surface area (Å²) in [5.41, 5.74) is 0. The summed E-state index contributed by atoms with van der Waals surface area (Å²) in [4.78, 5) is 0. The summed E-state index contributed by atoms with van der Waals surface area (Å²) >= 11 is 0. The fourth-order valence-electron chi connectivity index (χ4n) is 0.781. The molecule has 0 amide bonds. The van der Waals surface area contributed by atoms with E-state index >= 15 is 0 Å². The molecular formula is C6H9O-. The van der Waals surface area contributed by atoms with E-state index in [2.05, 4.69) is 0 Å². The molecule has 1 unspecified atom stereocenters. The van der Waals surface area contributed by atoms with Crippen LogP contribution in [0.3, 0.4) is 0 Å². The van der Waals surface area contributed by atoms with Crippen LogP contribution >= 0.6 is 0 Å². The lowest BCUT2D eigenvalue weighted by atomic mass is 10.1. The molecule has 1 aliphatic rings. The standard InChI is InChI=1S/C6H9O/c7-6-4-2-1-3-5-6/h2,4,6H,1,3,5H2/q-1. The van der Waals surface area contributed by atoms with E-state index in [0.29, 0.717) is 0 Å². The van der Waals surface area contributed by atoms with Crippen LogP contribution in [-0.4, -0.2) is 6.10 Å². The first-order chi connectivity index (χ1) is 3.39. The van der Waals surface area contributed by atoms with Crippen LogP contribution in [0.4, 0.5) is 0 Å². The Morgan fingerprint density at radius 1 is 1.57 bits per heavy atom. The summed E-state index contributed by atoms with van der Waals surface area (Å²) in [6.45, 7) is 0. The molecule has 1 heteroatoms. The molecule has 1 rings (SSSR count). The lowest BCUT2D eigenvalue weighted by Crippen LogP contribution is -2.23. The maximum absolute atomic E-state index is 10.5. The van der Waals surface area contributed by atoms with Gasteiger partial charge in [-0.1, -0.05) is 18.9 Å². The van der Waals surface area contributed by atoms with Gasteiger partial charge in [-0.3, -0.25) is 0 Å². The molecule has 0 bridgehead atoms. The lowest BCUT2D eigenvalue weighted by Gasteiger charge is -2.19. The molecule has 1 nitrogen and oxygen atoms in total. The Labute approximate surface area is 43.7 Å². The molecule has 0 saturated carbocycles. The quantitative estimate of drug-likeness (QED) is 0.402. The molecule has 40 valence electrons. The molecule has 0 aromatic rings. The number of hydrogen-bond donors (Lipinski definition) is 0. The summed E-state index contributed by atoms with van der Waals surface area (Å²) in [7, 11) is 0. The molecule has 1 atom stereocenters. The maximum Gasteiger partial charge on any atom is -0.0351 e. The van der Waals surface area contributed by atoms with Crippen molar-refractivity contribution in [2.45, 2.75) is 25.4 Å². The topological polar surface area (TPSA) is 23.1 Å². The minimum absolute atomic E-state index is 0.395. The normalized spacial score (nSPS) is 30.7. The monoisotopic (exact) mass is 97.1 g/mol. The summed E-state index contributed by atoms with van der Waals surface area (Å²) in [6.07, 6.45) is 6.37. The van der Waals surface area contributed by atoms with Crippen molar-refractivity contribution in [1.29, 1.82) is 0 Å². The predicted octanol–water partition coefficient (Wildman–Crippen LogP) is 0.455. The molecule has 0 heterocycles. The van der Waals surface area contributed by atoms with Crippen LogP contribution in [0.2, 0.25) is 0 Å². The van der Waals surface area contributed by atoms with Crippen molar-refractivity contribution in [2.75, 3.05) is 0 Å². The first kappa shape index (κ1) is 4.85. The van der Waals surface area contributed by atoms with E-state index in [1.807, 2.05) is 6.08 Å². The van der Waals surface area contributed by atoms with Crippen LogP contribution in [0.1, 0.15) is 19.3 Å². The fourth-order valence-corrected chi connectivity index (χ4v) is 0.781. The van der Waals surface area contributed by atoms with Gasteiger partial charge < -0.3 is 5.11 Å². The average Bonchev–Trinajstić information content (AvgIpc) is 1.69. The highest BCUT2D eigenvalue weighted by Crippen LogP contribution is 2.06. The zero-order chi connectivity index (χ0) is 5.11. The molecule has 0 spiro atoms. The minimum atomic E-state index is -0.395. The van der Waals surface area contributed by atoms with E-state index in [1.165, 1.54) is 0 Å². The number of rotatable bonds is 0. The third-order valence-corrected chi connectivity index (χ3v) is 1.21. The molecule has 0 radical (unpaired) electrons. The molecule has 1 aliphatic carbocycles. The van der Waals surface area contributed by atoms with Gasteiger partial charge in [-0.25, -0.2) is 0 Å². The van der Waals surface area contributed by atoms with E-state index in [-0.39, 0.29) is 0 Å². The second-order valence-corrected chi connectivity index (χ2v) is 1.90. The zero-order valence-corrected chi connectivity index (χ0v) is 4.26. The van der Waals surface area contributed by atoms with Crippen LogP contribution in [-0.2, 0) is 0 Å². The van der Waals surface area contributed by atoms with Crippen LogP contribution in [0.25, 0.3) is 0 Å². The lowest BCUT2D eigenvalue weighted by molar-refractivity contribution is -0.405. The Balaban J connectivity index is 2.36. The molecule has 0 aromatic heterocycles. The maximum atomic E-state index is 10.5. The number of hydrogen-bond acceptors (Lipinski definition) is 1. The van der Waals surface area contributed by atoms with Crippen molar-refractivity contribution in [3.8, 4) is 0 Å². The van der Waals surface area contributed by atoms with Crippen molar-refractivity contribution in [3.63, 3.8) is 0 Å². The summed E-state index contributed by atoms with van der Waals surface area (Å²) < 4.78 is 0. The van der Waals surface area contributed by atoms with Gasteiger partial charge in [0, 0.05) is 0 Å². The predicted molar refractivity (Wildman–Crippen MR) is 26.8 cm³/mol. The van der Waals surface area contributed by atoms with Gasteiger partial charge in [0.2, 0.25) is 0 Å². The SMILES string of the molecule is [O-]C1C=CCCC1. The highest BCUT2D eigenvalue weighted by atomic mass is 16.3. The zero-order valence-electron chi connectivity index (χ0n) is 4.26. The molecule has 0 aliphatic heterocycles. The van der Waals surface area contributed by atoms with Crippen LogP contribution in [0, 0.1) is 0 Å². The summed E-state index contributed by atoms with van der Waals surface area (Å²) in [5, 5.41) is 10.5. The smallest absolute Gasteiger partial charge is 0.0351 e. The Morgan fingerprint density at radius 3 is 2.71 bits per heavy atom. The van der Waals surface area contributed by atoms with Crippen LogP contribution < -0.4 is 5.11 Å². The first-order valence-electron chi connectivity index (χ1n) is 2.72. The molecular weight excluding hydrogens is 88.1 g/mol. The van der Waals surface area contributed by atoms with Crippen molar-refractivity contribution in [1.82, 2.24) is 0 Å². The van der Waals surface area contributed by atoms with Gasteiger partial charge in [0.15, 0.2) is 0 Å². The molecule has 0 aromatic carbocycles. The van der Waals surface area contributed by atoms with Crippen LogP contribution in [0.15, 0.2) is 12.2 Å². The third-order valence-electron chi connectivity index (χ3n) is 1.21. The summed E-state index contributed by atoms with van der Waals surface area (Å²) in [6, 6.07) is 0. The highest BCUT2D eigenvalue weighted by molar-refractivity contribution is 4.91. The Morgan fingerprint density at radius 2 is 2.43 bits per heavy atom. The van der Waals surface area contributed by atoms with Crippen molar-refractivity contribution < 1.29 is 5.11 Å². The molecule has 0 saturated heterocycles. The van der Waals surface area contributed by atoms with Gasteiger partial charge in [-0.15, -0.1) is 12.2 Å². The first-order valence-corrected chi connectivity index (χ1v) is 2.72. The van der Waals surface area contributed by atoms with E-state index in [4.69, 9.17) is 0 Å². The van der Waals surface area contributed by atoms with Gasteiger partial charge in [-0.2, -0.15) is 0 Å². The van der Waals surface area contributed by atoms with E-state index in [9.17, 15) is 5.11 Å². The van der Waals surface area contributed by atoms with E-state index in [1.54, 1.807) is 6.08 Å². The Kier molecular flexibility index (Phi) is 1.47. The van der Waals surface area contributed by atoms with Gasteiger partial charge in [0.1, 0.15) is 0 Å². The Hall–Kier alpha value is -0.300. The van der Waals surface area contributed by atoms with E-state index < -0.39 is 6.10 Å². The highest BCUT2D eigenvalue weighted by Gasteiger charge is 1.92. The van der Waals surface area contributed by atoms with Crippen LogP contribution in [0.5, 0.6) is 0 Å². The third kappa shape index (κ3) is 1.32. The van der Waals surface area contributed by atoms with Gasteiger partial charge >= 0.3 is 0 Å². The largest absolute Gasteiger partial charge is 0.849 e. The molecule has 0 N–H and O–H groups in total. The minimum Gasteiger partial charge on any atom is -0.849 e. The summed E-state index contributed by atoms with van der Waals surface area (Å²) in [5.74, 6) is 0.